The maximum Gasteiger partial charge on any atom is 0.241 e. The molecule has 1 N–H and O–H groups in total. The topological polar surface area (TPSA) is 54.2 Å². The van der Waals surface area contributed by atoms with Gasteiger partial charge in [-0.1, -0.05) is 29.4 Å². The van der Waals surface area contributed by atoms with E-state index in [0.717, 1.165) is 30.8 Å². The molecular formula is C15H20N4O. The molecule has 2 aromatic rings. The van der Waals surface area contributed by atoms with E-state index in [1.165, 1.54) is 6.42 Å². The summed E-state index contributed by atoms with van der Waals surface area (Å²) in [5, 5.41) is 7.41. The van der Waals surface area contributed by atoms with Crippen LogP contribution in [-0.2, 0) is 6.54 Å². The van der Waals surface area contributed by atoms with Crippen molar-refractivity contribution in [1.82, 2.24) is 20.4 Å². The summed E-state index contributed by atoms with van der Waals surface area (Å²) in [5.41, 5.74) is 2.20. The highest BCUT2D eigenvalue weighted by atomic mass is 16.5. The first-order valence-corrected chi connectivity index (χ1v) is 7.04. The highest BCUT2D eigenvalue weighted by molar-refractivity contribution is 5.58. The zero-order valence-corrected chi connectivity index (χ0v) is 12.0. The van der Waals surface area contributed by atoms with Crippen molar-refractivity contribution in [3.63, 3.8) is 0 Å². The molecule has 0 bridgehead atoms. The number of benzene rings is 1. The number of likely N-dealkylation sites (N-methyl/N-ethyl adjacent to an activating group) is 1. The van der Waals surface area contributed by atoms with Crippen molar-refractivity contribution in [1.29, 1.82) is 0 Å². The summed E-state index contributed by atoms with van der Waals surface area (Å²) in [6.45, 7) is 4.91. The molecular weight excluding hydrogens is 252 g/mol. The maximum absolute atomic E-state index is 5.38. The van der Waals surface area contributed by atoms with Gasteiger partial charge in [0.1, 0.15) is 0 Å². The van der Waals surface area contributed by atoms with Gasteiger partial charge in [0.15, 0.2) is 0 Å². The van der Waals surface area contributed by atoms with Gasteiger partial charge in [0.25, 0.3) is 0 Å². The van der Waals surface area contributed by atoms with Crippen molar-refractivity contribution < 1.29 is 4.52 Å². The largest absolute Gasteiger partial charge is 0.338 e. The van der Waals surface area contributed by atoms with E-state index < -0.39 is 0 Å². The number of nitrogens with one attached hydrogen (secondary N) is 1. The Morgan fingerprint density at radius 1 is 1.40 bits per heavy atom. The van der Waals surface area contributed by atoms with Gasteiger partial charge in [0.2, 0.25) is 11.7 Å². The summed E-state index contributed by atoms with van der Waals surface area (Å²) in [6.07, 6.45) is 1.18. The van der Waals surface area contributed by atoms with E-state index in [1.807, 2.05) is 25.2 Å². The van der Waals surface area contributed by atoms with Gasteiger partial charge < -0.3 is 9.84 Å². The van der Waals surface area contributed by atoms with Crippen LogP contribution in [0.3, 0.4) is 0 Å². The SMILES string of the molecule is CNC1CCN(Cc2nc(-c3ccccc3C)no2)C1. The lowest BCUT2D eigenvalue weighted by molar-refractivity contribution is 0.263. The fourth-order valence-electron chi connectivity index (χ4n) is 2.66. The third kappa shape index (κ3) is 2.73. The molecule has 3 rings (SSSR count). The Morgan fingerprint density at radius 2 is 2.25 bits per heavy atom. The van der Waals surface area contributed by atoms with Gasteiger partial charge in [-0.3, -0.25) is 4.90 Å². The second-order valence-corrected chi connectivity index (χ2v) is 5.34. The maximum atomic E-state index is 5.38. The van der Waals surface area contributed by atoms with Crippen molar-refractivity contribution in [2.24, 2.45) is 0 Å². The lowest BCUT2D eigenvalue weighted by Gasteiger charge is -2.12. The molecule has 20 heavy (non-hydrogen) atoms. The molecule has 5 heteroatoms. The molecule has 1 aromatic carbocycles. The zero-order valence-electron chi connectivity index (χ0n) is 12.0. The Morgan fingerprint density at radius 3 is 3.00 bits per heavy atom. The number of hydrogen-bond acceptors (Lipinski definition) is 5. The third-order valence-electron chi connectivity index (χ3n) is 3.89. The van der Waals surface area contributed by atoms with Crippen molar-refractivity contribution in [2.45, 2.75) is 25.9 Å². The van der Waals surface area contributed by atoms with E-state index in [2.05, 4.69) is 33.3 Å². The Balaban J connectivity index is 1.70. The van der Waals surface area contributed by atoms with Crippen LogP contribution in [0.1, 0.15) is 17.9 Å². The molecule has 1 aliphatic rings. The molecule has 1 saturated heterocycles. The average molecular weight is 272 g/mol. The van der Waals surface area contributed by atoms with Gasteiger partial charge in [0, 0.05) is 24.7 Å². The fraction of sp³-hybridized carbons (Fsp3) is 0.467. The van der Waals surface area contributed by atoms with E-state index in [4.69, 9.17) is 4.52 Å². The molecule has 1 fully saturated rings. The zero-order chi connectivity index (χ0) is 13.9. The Labute approximate surface area is 119 Å². The normalized spacial score (nSPS) is 19.6. The van der Waals surface area contributed by atoms with Crippen LogP contribution in [0, 0.1) is 6.92 Å². The lowest BCUT2D eigenvalue weighted by Crippen LogP contribution is -2.29. The van der Waals surface area contributed by atoms with E-state index in [-0.39, 0.29) is 0 Å². The number of likely N-dealkylation sites (tertiary alicyclic amines) is 1. The second kappa shape index (κ2) is 5.73. The predicted octanol–water partition coefficient (Wildman–Crippen LogP) is 1.84. The van der Waals surface area contributed by atoms with Crippen LogP contribution in [0.5, 0.6) is 0 Å². The molecule has 0 saturated carbocycles. The standard InChI is InChI=1S/C15H20N4O/c1-11-5-3-4-6-13(11)15-17-14(20-18-15)10-19-8-7-12(9-19)16-2/h3-6,12,16H,7-10H2,1-2H3. The highest BCUT2D eigenvalue weighted by Crippen LogP contribution is 2.20. The van der Waals surface area contributed by atoms with E-state index in [0.29, 0.717) is 17.8 Å². The predicted molar refractivity (Wildman–Crippen MR) is 77.2 cm³/mol. The number of hydrogen-bond donors (Lipinski definition) is 1. The van der Waals surface area contributed by atoms with Crippen LogP contribution >= 0.6 is 0 Å². The van der Waals surface area contributed by atoms with E-state index in [1.54, 1.807) is 0 Å². The minimum atomic E-state index is 0.578. The lowest BCUT2D eigenvalue weighted by atomic mass is 10.1. The molecule has 0 aliphatic carbocycles. The van der Waals surface area contributed by atoms with Crippen LogP contribution in [0.15, 0.2) is 28.8 Å². The molecule has 5 nitrogen and oxygen atoms in total. The summed E-state index contributed by atoms with van der Waals surface area (Å²) in [7, 11) is 2.01. The first kappa shape index (κ1) is 13.3. The number of nitrogens with zero attached hydrogens (tertiary/aromatic N) is 3. The average Bonchev–Trinajstić information content (AvgIpc) is 3.09. The van der Waals surface area contributed by atoms with E-state index >= 15 is 0 Å². The molecule has 2 heterocycles. The monoisotopic (exact) mass is 272 g/mol. The van der Waals surface area contributed by atoms with Gasteiger partial charge in [-0.25, -0.2) is 0 Å². The highest BCUT2D eigenvalue weighted by Gasteiger charge is 2.22. The molecule has 1 unspecified atom stereocenters. The van der Waals surface area contributed by atoms with Crippen LogP contribution in [0.2, 0.25) is 0 Å². The van der Waals surface area contributed by atoms with Crippen molar-refractivity contribution in [3.8, 4) is 11.4 Å². The number of aromatic nitrogens is 2. The fourth-order valence-corrected chi connectivity index (χ4v) is 2.66. The van der Waals surface area contributed by atoms with E-state index in [9.17, 15) is 0 Å². The summed E-state index contributed by atoms with van der Waals surface area (Å²) in [6, 6.07) is 8.67. The third-order valence-corrected chi connectivity index (χ3v) is 3.89. The van der Waals surface area contributed by atoms with Gasteiger partial charge in [-0.05, 0) is 26.0 Å². The van der Waals surface area contributed by atoms with Gasteiger partial charge in [0.05, 0.1) is 6.54 Å². The summed E-state index contributed by atoms with van der Waals surface area (Å²) in [5.74, 6) is 1.38. The van der Waals surface area contributed by atoms with Crippen LogP contribution in [0.4, 0.5) is 0 Å². The molecule has 0 spiro atoms. The Hall–Kier alpha value is -1.72. The van der Waals surface area contributed by atoms with Gasteiger partial charge >= 0.3 is 0 Å². The van der Waals surface area contributed by atoms with Crippen LogP contribution in [0.25, 0.3) is 11.4 Å². The molecule has 0 amide bonds. The van der Waals surface area contributed by atoms with Crippen LogP contribution in [-0.4, -0.2) is 41.2 Å². The van der Waals surface area contributed by atoms with Crippen LogP contribution < -0.4 is 5.32 Å². The smallest absolute Gasteiger partial charge is 0.241 e. The second-order valence-electron chi connectivity index (χ2n) is 5.34. The molecule has 0 radical (unpaired) electrons. The first-order valence-electron chi connectivity index (χ1n) is 7.04. The Kier molecular flexibility index (Phi) is 3.80. The first-order chi connectivity index (χ1) is 9.76. The molecule has 1 atom stereocenters. The number of aryl methyl sites for hydroxylation is 1. The van der Waals surface area contributed by atoms with Gasteiger partial charge in [-0.2, -0.15) is 4.98 Å². The Bertz CT molecular complexity index is 581. The van der Waals surface area contributed by atoms with Crippen molar-refractivity contribution >= 4 is 0 Å². The number of rotatable bonds is 4. The van der Waals surface area contributed by atoms with Crippen molar-refractivity contribution in [2.75, 3.05) is 20.1 Å². The van der Waals surface area contributed by atoms with Crippen molar-refractivity contribution in [3.05, 3.63) is 35.7 Å². The minimum absolute atomic E-state index is 0.578. The minimum Gasteiger partial charge on any atom is -0.338 e. The molecule has 1 aromatic heterocycles. The summed E-state index contributed by atoms with van der Waals surface area (Å²) < 4.78 is 5.38. The molecule has 106 valence electrons. The summed E-state index contributed by atoms with van der Waals surface area (Å²) >= 11 is 0. The quantitative estimate of drug-likeness (QED) is 0.920. The van der Waals surface area contributed by atoms with Gasteiger partial charge in [-0.15, -0.1) is 0 Å². The molecule has 1 aliphatic heterocycles. The summed E-state index contributed by atoms with van der Waals surface area (Å²) in [4.78, 5) is 6.86.